The third-order valence-electron chi connectivity index (χ3n) is 4.66. The monoisotopic (exact) mass is 358 g/mol. The van der Waals surface area contributed by atoms with Crippen LogP contribution in [0.2, 0.25) is 0 Å². The van der Waals surface area contributed by atoms with Crippen molar-refractivity contribution < 1.29 is 18.4 Å². The first kappa shape index (κ1) is 18.0. The molecule has 0 saturated carbocycles. The van der Waals surface area contributed by atoms with Gasteiger partial charge in [-0.1, -0.05) is 18.2 Å². The van der Waals surface area contributed by atoms with Crippen molar-refractivity contribution in [3.63, 3.8) is 0 Å². The molecule has 1 saturated heterocycles. The second-order valence-corrected chi connectivity index (χ2v) is 6.37. The quantitative estimate of drug-likeness (QED) is 0.837. The molecule has 1 aliphatic rings. The van der Waals surface area contributed by atoms with Crippen molar-refractivity contribution in [3.8, 4) is 0 Å². The molecule has 6 heteroatoms. The van der Waals surface area contributed by atoms with Crippen LogP contribution in [0.4, 0.5) is 20.2 Å². The van der Waals surface area contributed by atoms with E-state index in [4.69, 9.17) is 0 Å². The maximum Gasteiger partial charge on any atom is 0.232 e. The topological polar surface area (TPSA) is 40.6 Å². The number of carbonyl (C=O) groups is 2. The van der Waals surface area contributed by atoms with Gasteiger partial charge >= 0.3 is 0 Å². The van der Waals surface area contributed by atoms with Gasteiger partial charge in [-0.15, -0.1) is 0 Å². The number of hydrogen-bond donors (Lipinski definition) is 0. The number of nitrogens with zero attached hydrogens (tertiary/aromatic N) is 2. The fraction of sp³-hybridized carbons (Fsp3) is 0.300. The van der Waals surface area contributed by atoms with E-state index in [2.05, 4.69) is 0 Å². The minimum absolute atomic E-state index is 0.00522. The summed E-state index contributed by atoms with van der Waals surface area (Å²) >= 11 is 0. The Bertz CT molecular complexity index is 853. The van der Waals surface area contributed by atoms with Gasteiger partial charge in [-0.2, -0.15) is 0 Å². The van der Waals surface area contributed by atoms with Crippen LogP contribution in [0.15, 0.2) is 42.5 Å². The summed E-state index contributed by atoms with van der Waals surface area (Å²) in [5.41, 5.74) is 1.78. The smallest absolute Gasteiger partial charge is 0.232 e. The lowest BCUT2D eigenvalue weighted by atomic mass is 10.1. The van der Waals surface area contributed by atoms with Gasteiger partial charge in [0, 0.05) is 31.3 Å². The predicted octanol–water partition coefficient (Wildman–Crippen LogP) is 3.68. The van der Waals surface area contributed by atoms with Crippen LogP contribution in [0.5, 0.6) is 0 Å². The van der Waals surface area contributed by atoms with Crippen LogP contribution in [-0.4, -0.2) is 24.9 Å². The van der Waals surface area contributed by atoms with Gasteiger partial charge in [-0.25, -0.2) is 8.78 Å². The number of aryl methyl sites for hydroxylation is 1. The largest absolute Gasteiger partial charge is 0.312 e. The Balaban J connectivity index is 1.83. The molecule has 1 unspecified atom stereocenters. The minimum atomic E-state index is -0.808. The molecule has 0 spiro atoms. The number of halogens is 2. The van der Waals surface area contributed by atoms with Gasteiger partial charge in [0.15, 0.2) is 0 Å². The summed E-state index contributed by atoms with van der Waals surface area (Å²) in [6.07, 6.45) is 0.0119. The summed E-state index contributed by atoms with van der Waals surface area (Å²) in [6.45, 7) is 4.35. The van der Waals surface area contributed by atoms with E-state index < -0.39 is 17.6 Å². The van der Waals surface area contributed by atoms with Crippen LogP contribution in [-0.2, 0) is 9.59 Å². The summed E-state index contributed by atoms with van der Waals surface area (Å²) in [5.74, 6) is -2.58. The van der Waals surface area contributed by atoms with E-state index in [0.717, 1.165) is 23.4 Å². The maximum atomic E-state index is 14.0. The van der Waals surface area contributed by atoms with Crippen LogP contribution in [0.25, 0.3) is 0 Å². The number of anilines is 2. The molecule has 1 atom stereocenters. The molecule has 26 heavy (non-hydrogen) atoms. The van der Waals surface area contributed by atoms with E-state index in [0.29, 0.717) is 6.54 Å². The summed E-state index contributed by atoms with van der Waals surface area (Å²) in [6, 6.07) is 10.6. The number of para-hydroxylation sites is 1. The van der Waals surface area contributed by atoms with Crippen LogP contribution in [0.3, 0.4) is 0 Å². The Labute approximate surface area is 151 Å². The lowest BCUT2D eigenvalue weighted by Gasteiger charge is -2.26. The number of hydrogen-bond acceptors (Lipinski definition) is 2. The van der Waals surface area contributed by atoms with Gasteiger partial charge in [-0.05, 0) is 37.6 Å². The normalized spacial score (nSPS) is 16.8. The Morgan fingerprint density at radius 1 is 1.23 bits per heavy atom. The third kappa shape index (κ3) is 3.31. The average molecular weight is 358 g/mol. The van der Waals surface area contributed by atoms with E-state index in [1.165, 1.54) is 11.0 Å². The molecule has 1 aliphatic heterocycles. The van der Waals surface area contributed by atoms with Gasteiger partial charge in [0.2, 0.25) is 11.8 Å². The first-order valence-electron chi connectivity index (χ1n) is 8.54. The van der Waals surface area contributed by atoms with Crippen LogP contribution >= 0.6 is 0 Å². The van der Waals surface area contributed by atoms with E-state index in [-0.39, 0.29) is 30.5 Å². The van der Waals surface area contributed by atoms with Crippen molar-refractivity contribution in [2.75, 3.05) is 22.9 Å². The molecule has 3 rings (SSSR count). The van der Waals surface area contributed by atoms with E-state index in [1.807, 2.05) is 38.1 Å². The zero-order chi connectivity index (χ0) is 18.8. The average Bonchev–Trinajstić information content (AvgIpc) is 2.99. The Kier molecular flexibility index (Phi) is 5.02. The fourth-order valence-electron chi connectivity index (χ4n) is 3.34. The molecule has 2 aromatic carbocycles. The molecule has 0 aromatic heterocycles. The molecule has 2 aromatic rings. The van der Waals surface area contributed by atoms with E-state index in [9.17, 15) is 18.4 Å². The standard InChI is InChI=1S/C20H20F2N2O2/c1-3-23(17-7-5-4-6-13(17)2)20(26)14-10-19(25)24(12-14)18-9-8-15(21)11-16(18)22/h4-9,11,14H,3,10,12H2,1-2H3. The van der Waals surface area contributed by atoms with Crippen molar-refractivity contribution >= 4 is 23.2 Å². The second-order valence-electron chi connectivity index (χ2n) is 6.37. The molecule has 0 radical (unpaired) electrons. The van der Waals surface area contributed by atoms with E-state index >= 15 is 0 Å². The Morgan fingerprint density at radius 2 is 1.96 bits per heavy atom. The van der Waals surface area contributed by atoms with Crippen LogP contribution in [0, 0.1) is 24.5 Å². The zero-order valence-electron chi connectivity index (χ0n) is 14.7. The predicted molar refractivity (Wildman–Crippen MR) is 96.0 cm³/mol. The zero-order valence-corrected chi connectivity index (χ0v) is 14.7. The molecule has 1 heterocycles. The molecule has 2 amide bonds. The molecule has 136 valence electrons. The molecule has 0 bridgehead atoms. The van der Waals surface area contributed by atoms with Gasteiger partial charge < -0.3 is 9.80 Å². The molecule has 0 N–H and O–H groups in total. The summed E-state index contributed by atoms with van der Waals surface area (Å²) < 4.78 is 27.1. The van der Waals surface area contributed by atoms with Gasteiger partial charge in [0.05, 0.1) is 11.6 Å². The number of amides is 2. The third-order valence-corrected chi connectivity index (χ3v) is 4.66. The van der Waals surface area contributed by atoms with Crippen LogP contribution < -0.4 is 9.80 Å². The fourth-order valence-corrected chi connectivity index (χ4v) is 3.34. The molecular weight excluding hydrogens is 338 g/mol. The van der Waals surface area contributed by atoms with Crippen molar-refractivity contribution in [1.29, 1.82) is 0 Å². The molecule has 1 fully saturated rings. The summed E-state index contributed by atoms with van der Waals surface area (Å²) in [4.78, 5) is 28.2. The van der Waals surface area contributed by atoms with Crippen molar-refractivity contribution in [2.24, 2.45) is 5.92 Å². The Morgan fingerprint density at radius 3 is 2.62 bits per heavy atom. The lowest BCUT2D eigenvalue weighted by Crippen LogP contribution is -2.38. The highest BCUT2D eigenvalue weighted by atomic mass is 19.1. The highest BCUT2D eigenvalue weighted by Crippen LogP contribution is 2.30. The SMILES string of the molecule is CCN(C(=O)C1CC(=O)N(c2ccc(F)cc2F)C1)c1ccccc1C. The number of rotatable bonds is 4. The number of carbonyl (C=O) groups excluding carboxylic acids is 2. The first-order valence-corrected chi connectivity index (χ1v) is 8.54. The summed E-state index contributed by atoms with van der Waals surface area (Å²) in [5, 5.41) is 0. The van der Waals surface area contributed by atoms with Crippen LogP contribution in [0.1, 0.15) is 18.9 Å². The van der Waals surface area contributed by atoms with Crippen molar-refractivity contribution in [1.82, 2.24) is 0 Å². The molecule has 4 nitrogen and oxygen atoms in total. The highest BCUT2D eigenvalue weighted by Gasteiger charge is 2.38. The van der Waals surface area contributed by atoms with Crippen molar-refractivity contribution in [3.05, 3.63) is 59.7 Å². The van der Waals surface area contributed by atoms with E-state index in [1.54, 1.807) is 4.90 Å². The molecular formula is C20H20F2N2O2. The molecule has 0 aliphatic carbocycles. The number of benzene rings is 2. The Hall–Kier alpha value is -2.76. The first-order chi connectivity index (χ1) is 12.4. The van der Waals surface area contributed by atoms with Gasteiger partial charge in [0.25, 0.3) is 0 Å². The lowest BCUT2D eigenvalue weighted by molar-refractivity contribution is -0.124. The van der Waals surface area contributed by atoms with Gasteiger partial charge in [0.1, 0.15) is 11.6 Å². The highest BCUT2D eigenvalue weighted by molar-refractivity contribution is 6.04. The van der Waals surface area contributed by atoms with Crippen molar-refractivity contribution in [2.45, 2.75) is 20.3 Å². The van der Waals surface area contributed by atoms with Gasteiger partial charge in [-0.3, -0.25) is 9.59 Å². The maximum absolute atomic E-state index is 14.0. The minimum Gasteiger partial charge on any atom is -0.312 e. The summed E-state index contributed by atoms with van der Waals surface area (Å²) in [7, 11) is 0. The second kappa shape index (κ2) is 7.23.